The summed E-state index contributed by atoms with van der Waals surface area (Å²) in [6.45, 7) is 6.49. The number of ether oxygens (including phenoxy) is 1. The standard InChI is InChI=1S/C11H18O2/c1-9(2)8-10(12)5-6-11-4-3-7-13-11/h11H,1,3-8H2,2H3. The van der Waals surface area contributed by atoms with E-state index in [0.29, 0.717) is 24.7 Å². The van der Waals surface area contributed by atoms with Gasteiger partial charge in [-0.2, -0.15) is 0 Å². The first-order valence-electron chi connectivity index (χ1n) is 4.96. The largest absolute Gasteiger partial charge is 0.378 e. The van der Waals surface area contributed by atoms with E-state index in [0.717, 1.165) is 31.4 Å². The summed E-state index contributed by atoms with van der Waals surface area (Å²) in [6.07, 6.45) is 4.70. The highest BCUT2D eigenvalue weighted by Gasteiger charge is 2.16. The fourth-order valence-electron chi connectivity index (χ4n) is 1.62. The van der Waals surface area contributed by atoms with Crippen molar-refractivity contribution in [2.45, 2.75) is 45.1 Å². The van der Waals surface area contributed by atoms with Crippen molar-refractivity contribution in [1.29, 1.82) is 0 Å². The molecular weight excluding hydrogens is 164 g/mol. The molecule has 1 unspecified atom stereocenters. The van der Waals surface area contributed by atoms with Gasteiger partial charge in [-0.25, -0.2) is 0 Å². The van der Waals surface area contributed by atoms with Gasteiger partial charge in [0.2, 0.25) is 0 Å². The molecule has 1 aliphatic heterocycles. The summed E-state index contributed by atoms with van der Waals surface area (Å²) in [5.74, 6) is 0.294. The van der Waals surface area contributed by atoms with Crippen molar-refractivity contribution in [3.8, 4) is 0 Å². The van der Waals surface area contributed by atoms with Crippen LogP contribution >= 0.6 is 0 Å². The lowest BCUT2D eigenvalue weighted by Gasteiger charge is -2.07. The van der Waals surface area contributed by atoms with Gasteiger partial charge in [-0.05, 0) is 26.2 Å². The van der Waals surface area contributed by atoms with Crippen LogP contribution < -0.4 is 0 Å². The lowest BCUT2D eigenvalue weighted by molar-refractivity contribution is -0.119. The summed E-state index contributed by atoms with van der Waals surface area (Å²) >= 11 is 0. The Morgan fingerprint density at radius 3 is 2.92 bits per heavy atom. The zero-order valence-corrected chi connectivity index (χ0v) is 8.34. The molecule has 2 nitrogen and oxygen atoms in total. The van der Waals surface area contributed by atoms with Crippen molar-refractivity contribution in [2.24, 2.45) is 0 Å². The Hall–Kier alpha value is -0.630. The minimum absolute atomic E-state index is 0.294. The van der Waals surface area contributed by atoms with Gasteiger partial charge in [0.1, 0.15) is 5.78 Å². The van der Waals surface area contributed by atoms with Crippen molar-refractivity contribution in [3.63, 3.8) is 0 Å². The fraction of sp³-hybridized carbons (Fsp3) is 0.727. The van der Waals surface area contributed by atoms with Crippen molar-refractivity contribution in [1.82, 2.24) is 0 Å². The number of carbonyl (C=O) groups is 1. The molecule has 2 heteroatoms. The van der Waals surface area contributed by atoms with E-state index in [1.807, 2.05) is 6.92 Å². The highest BCUT2D eigenvalue weighted by atomic mass is 16.5. The Morgan fingerprint density at radius 1 is 1.62 bits per heavy atom. The van der Waals surface area contributed by atoms with Gasteiger partial charge in [0.15, 0.2) is 0 Å². The molecule has 1 rings (SSSR count). The molecule has 0 aromatic carbocycles. The highest BCUT2D eigenvalue weighted by Crippen LogP contribution is 2.17. The third-order valence-corrected chi connectivity index (χ3v) is 2.27. The average Bonchev–Trinajstić information content (AvgIpc) is 2.51. The van der Waals surface area contributed by atoms with Crippen LogP contribution in [0.4, 0.5) is 0 Å². The van der Waals surface area contributed by atoms with Crippen LogP contribution in [0.2, 0.25) is 0 Å². The Morgan fingerprint density at radius 2 is 2.38 bits per heavy atom. The molecule has 1 aliphatic rings. The summed E-state index contributed by atoms with van der Waals surface area (Å²) in [6, 6.07) is 0. The SMILES string of the molecule is C=C(C)CC(=O)CCC1CCCO1. The zero-order valence-electron chi connectivity index (χ0n) is 8.34. The molecule has 1 fully saturated rings. The number of ketones is 1. The molecule has 1 saturated heterocycles. The van der Waals surface area contributed by atoms with Gasteiger partial charge in [0, 0.05) is 19.4 Å². The number of allylic oxidation sites excluding steroid dienone is 1. The molecule has 0 aromatic rings. The maximum absolute atomic E-state index is 11.3. The molecule has 0 amide bonds. The number of carbonyl (C=O) groups excluding carboxylic acids is 1. The van der Waals surface area contributed by atoms with E-state index in [-0.39, 0.29) is 0 Å². The van der Waals surface area contributed by atoms with Gasteiger partial charge < -0.3 is 4.74 Å². The Labute approximate surface area is 80.0 Å². The molecule has 0 saturated carbocycles. The average molecular weight is 182 g/mol. The molecule has 13 heavy (non-hydrogen) atoms. The topological polar surface area (TPSA) is 26.3 Å². The summed E-state index contributed by atoms with van der Waals surface area (Å²) in [5.41, 5.74) is 0.956. The van der Waals surface area contributed by atoms with Crippen molar-refractivity contribution in [2.75, 3.05) is 6.61 Å². The summed E-state index contributed by atoms with van der Waals surface area (Å²) in [5, 5.41) is 0. The first kappa shape index (κ1) is 10.5. The van der Waals surface area contributed by atoms with Crippen LogP contribution in [0.5, 0.6) is 0 Å². The summed E-state index contributed by atoms with van der Waals surface area (Å²) in [7, 11) is 0. The van der Waals surface area contributed by atoms with E-state index in [9.17, 15) is 4.79 Å². The lowest BCUT2D eigenvalue weighted by Crippen LogP contribution is -2.08. The van der Waals surface area contributed by atoms with E-state index >= 15 is 0 Å². The molecule has 1 heterocycles. The molecule has 0 aromatic heterocycles. The normalized spacial score (nSPS) is 21.8. The molecule has 0 bridgehead atoms. The maximum Gasteiger partial charge on any atom is 0.137 e. The Balaban J connectivity index is 2.10. The smallest absolute Gasteiger partial charge is 0.137 e. The van der Waals surface area contributed by atoms with Gasteiger partial charge in [0.25, 0.3) is 0 Å². The number of rotatable bonds is 5. The van der Waals surface area contributed by atoms with Crippen LogP contribution in [0, 0.1) is 0 Å². The van der Waals surface area contributed by atoms with E-state index in [4.69, 9.17) is 4.74 Å². The van der Waals surface area contributed by atoms with E-state index in [1.54, 1.807) is 0 Å². The minimum Gasteiger partial charge on any atom is -0.378 e. The summed E-state index contributed by atoms with van der Waals surface area (Å²) < 4.78 is 5.43. The maximum atomic E-state index is 11.3. The molecular formula is C11H18O2. The van der Waals surface area contributed by atoms with Crippen molar-refractivity contribution in [3.05, 3.63) is 12.2 Å². The minimum atomic E-state index is 0.294. The van der Waals surface area contributed by atoms with E-state index in [2.05, 4.69) is 6.58 Å². The van der Waals surface area contributed by atoms with Crippen LogP contribution in [0.3, 0.4) is 0 Å². The monoisotopic (exact) mass is 182 g/mol. The van der Waals surface area contributed by atoms with Gasteiger partial charge in [-0.3, -0.25) is 4.79 Å². The van der Waals surface area contributed by atoms with Crippen molar-refractivity contribution < 1.29 is 9.53 Å². The van der Waals surface area contributed by atoms with Gasteiger partial charge >= 0.3 is 0 Å². The van der Waals surface area contributed by atoms with Gasteiger partial charge in [-0.15, -0.1) is 0 Å². The van der Waals surface area contributed by atoms with Crippen LogP contribution in [0.15, 0.2) is 12.2 Å². The third kappa shape index (κ3) is 4.23. The predicted octanol–water partition coefficient (Wildman–Crippen LogP) is 2.48. The predicted molar refractivity (Wildman–Crippen MR) is 52.6 cm³/mol. The number of hydrogen-bond donors (Lipinski definition) is 0. The van der Waals surface area contributed by atoms with Crippen LogP contribution in [0.1, 0.15) is 39.0 Å². The first-order valence-corrected chi connectivity index (χ1v) is 4.96. The molecule has 0 spiro atoms. The second-order valence-electron chi connectivity index (χ2n) is 3.85. The molecule has 0 aliphatic carbocycles. The van der Waals surface area contributed by atoms with Gasteiger partial charge in [0.05, 0.1) is 6.10 Å². The molecule has 0 N–H and O–H groups in total. The Bertz CT molecular complexity index is 190. The van der Waals surface area contributed by atoms with E-state index < -0.39 is 0 Å². The first-order chi connectivity index (χ1) is 6.18. The Kier molecular flexibility index (Phi) is 4.16. The third-order valence-electron chi connectivity index (χ3n) is 2.27. The quantitative estimate of drug-likeness (QED) is 0.610. The second-order valence-corrected chi connectivity index (χ2v) is 3.85. The highest BCUT2D eigenvalue weighted by molar-refractivity contribution is 5.80. The molecule has 74 valence electrons. The lowest BCUT2D eigenvalue weighted by atomic mass is 10.0. The molecule has 0 radical (unpaired) electrons. The van der Waals surface area contributed by atoms with Crippen LogP contribution in [0.25, 0.3) is 0 Å². The number of hydrogen-bond acceptors (Lipinski definition) is 2. The molecule has 1 atom stereocenters. The van der Waals surface area contributed by atoms with Crippen molar-refractivity contribution >= 4 is 5.78 Å². The summed E-state index contributed by atoms with van der Waals surface area (Å²) in [4.78, 5) is 11.3. The zero-order chi connectivity index (χ0) is 9.68. The number of Topliss-reactive ketones (excluding diaryl/α,β-unsaturated/α-hetero) is 1. The fourth-order valence-corrected chi connectivity index (χ4v) is 1.62. The second kappa shape index (κ2) is 5.18. The van der Waals surface area contributed by atoms with Crippen LogP contribution in [-0.2, 0) is 9.53 Å². The van der Waals surface area contributed by atoms with Crippen LogP contribution in [-0.4, -0.2) is 18.5 Å². The van der Waals surface area contributed by atoms with Gasteiger partial charge in [-0.1, -0.05) is 12.2 Å². The van der Waals surface area contributed by atoms with E-state index in [1.165, 1.54) is 0 Å².